The molecule has 0 aliphatic heterocycles. The minimum absolute atomic E-state index is 0.313. The summed E-state index contributed by atoms with van der Waals surface area (Å²) in [5, 5.41) is 14.9. The number of anilines is 2. The quantitative estimate of drug-likeness (QED) is 0.731. The molecule has 0 saturated carbocycles. The smallest absolute Gasteiger partial charge is 0.274 e. The van der Waals surface area contributed by atoms with Crippen LogP contribution in [0.2, 0.25) is 0 Å². The summed E-state index contributed by atoms with van der Waals surface area (Å²) in [7, 11) is 0. The van der Waals surface area contributed by atoms with Crippen molar-refractivity contribution in [2.75, 3.05) is 10.6 Å². The second-order valence-corrected chi connectivity index (χ2v) is 5.92. The summed E-state index contributed by atoms with van der Waals surface area (Å²) in [4.78, 5) is 16.5. The molecule has 3 rings (SSSR count). The van der Waals surface area contributed by atoms with E-state index in [9.17, 15) is 4.79 Å². The van der Waals surface area contributed by atoms with Crippen molar-refractivity contribution in [1.29, 1.82) is 5.26 Å². The largest absolute Gasteiger partial charge is 0.380 e. The molecule has 1 heterocycles. The number of carbonyl (C=O) groups excluding carboxylic acids is 1. The summed E-state index contributed by atoms with van der Waals surface area (Å²) < 4.78 is 0. The Morgan fingerprint density at radius 2 is 1.88 bits per heavy atom. The van der Waals surface area contributed by atoms with E-state index in [-0.39, 0.29) is 5.91 Å². The number of pyridine rings is 1. The lowest BCUT2D eigenvalue weighted by Crippen LogP contribution is -2.13. The highest BCUT2D eigenvalue weighted by Gasteiger charge is 2.08. The molecule has 0 spiro atoms. The lowest BCUT2D eigenvalue weighted by Gasteiger charge is -2.08. The Hall–Kier alpha value is -3.65. The van der Waals surface area contributed by atoms with Gasteiger partial charge < -0.3 is 10.6 Å². The molecule has 26 heavy (non-hydrogen) atoms. The number of nitriles is 1. The van der Waals surface area contributed by atoms with Crippen LogP contribution in [0.4, 0.5) is 11.4 Å². The third-order valence-corrected chi connectivity index (χ3v) is 3.86. The maximum absolute atomic E-state index is 12.3. The summed E-state index contributed by atoms with van der Waals surface area (Å²) >= 11 is 0. The third kappa shape index (κ3) is 4.46. The fourth-order valence-electron chi connectivity index (χ4n) is 2.40. The van der Waals surface area contributed by atoms with Crippen molar-refractivity contribution in [2.45, 2.75) is 13.5 Å². The molecule has 0 fully saturated rings. The molecule has 0 unspecified atom stereocenters. The Morgan fingerprint density at radius 1 is 1.08 bits per heavy atom. The van der Waals surface area contributed by atoms with E-state index < -0.39 is 0 Å². The highest BCUT2D eigenvalue weighted by molar-refractivity contribution is 6.03. The summed E-state index contributed by atoms with van der Waals surface area (Å²) in [5.74, 6) is -0.315. The van der Waals surface area contributed by atoms with Gasteiger partial charge in [-0.05, 0) is 42.8 Å². The molecular weight excluding hydrogens is 324 g/mol. The van der Waals surface area contributed by atoms with E-state index in [2.05, 4.69) is 46.8 Å². The van der Waals surface area contributed by atoms with Crippen molar-refractivity contribution >= 4 is 17.3 Å². The standard InChI is InChI=1S/C21H18N4O/c1-15-5-7-16(8-6-15)13-23-19-9-10-20(24-14-19)21(26)25-18-4-2-3-17(11-18)12-22/h2-11,14,23H,13H2,1H3,(H,25,26). The van der Waals surface area contributed by atoms with E-state index in [0.717, 1.165) is 5.69 Å². The monoisotopic (exact) mass is 342 g/mol. The van der Waals surface area contributed by atoms with Crippen LogP contribution in [0.1, 0.15) is 27.2 Å². The Kier molecular flexibility index (Phi) is 5.25. The molecule has 0 aliphatic carbocycles. The molecule has 0 atom stereocenters. The lowest BCUT2D eigenvalue weighted by molar-refractivity contribution is 0.102. The van der Waals surface area contributed by atoms with Gasteiger partial charge >= 0.3 is 0 Å². The van der Waals surface area contributed by atoms with Crippen LogP contribution in [0.25, 0.3) is 0 Å². The van der Waals surface area contributed by atoms with Gasteiger partial charge in [0.2, 0.25) is 0 Å². The highest BCUT2D eigenvalue weighted by Crippen LogP contribution is 2.13. The number of amides is 1. The average molecular weight is 342 g/mol. The second-order valence-electron chi connectivity index (χ2n) is 5.92. The molecule has 0 aliphatic rings. The van der Waals surface area contributed by atoms with Gasteiger partial charge in [-0.3, -0.25) is 4.79 Å². The SMILES string of the molecule is Cc1ccc(CNc2ccc(C(=O)Nc3cccc(C#N)c3)nc2)cc1. The number of nitrogens with one attached hydrogen (secondary N) is 2. The van der Waals surface area contributed by atoms with Gasteiger partial charge in [0.15, 0.2) is 0 Å². The molecule has 1 amide bonds. The van der Waals surface area contributed by atoms with Crippen LogP contribution in [0.3, 0.4) is 0 Å². The minimum Gasteiger partial charge on any atom is -0.380 e. The number of rotatable bonds is 5. The maximum atomic E-state index is 12.3. The first-order chi connectivity index (χ1) is 12.6. The molecule has 0 radical (unpaired) electrons. The molecule has 5 heteroatoms. The van der Waals surface area contributed by atoms with Crippen LogP contribution in [0, 0.1) is 18.3 Å². The molecule has 2 N–H and O–H groups in total. The van der Waals surface area contributed by atoms with E-state index >= 15 is 0 Å². The second kappa shape index (κ2) is 7.95. The van der Waals surface area contributed by atoms with Crippen LogP contribution < -0.4 is 10.6 Å². The van der Waals surface area contributed by atoms with Gasteiger partial charge in [-0.2, -0.15) is 5.26 Å². The summed E-state index contributed by atoms with van der Waals surface area (Å²) in [6, 6.07) is 20.6. The van der Waals surface area contributed by atoms with E-state index in [1.165, 1.54) is 11.1 Å². The van der Waals surface area contributed by atoms with E-state index in [1.807, 2.05) is 12.1 Å². The molecule has 2 aromatic carbocycles. The van der Waals surface area contributed by atoms with Gasteiger partial charge in [0.25, 0.3) is 5.91 Å². The van der Waals surface area contributed by atoms with Gasteiger partial charge in [0, 0.05) is 12.2 Å². The highest BCUT2D eigenvalue weighted by atomic mass is 16.1. The predicted molar refractivity (Wildman–Crippen MR) is 102 cm³/mol. The Bertz CT molecular complexity index is 941. The zero-order valence-electron chi connectivity index (χ0n) is 14.4. The number of hydrogen-bond donors (Lipinski definition) is 2. The van der Waals surface area contributed by atoms with Crippen molar-refractivity contribution in [3.05, 3.63) is 89.2 Å². The zero-order valence-corrected chi connectivity index (χ0v) is 14.4. The van der Waals surface area contributed by atoms with E-state index in [4.69, 9.17) is 5.26 Å². The van der Waals surface area contributed by atoms with Gasteiger partial charge in [0.1, 0.15) is 5.69 Å². The summed E-state index contributed by atoms with van der Waals surface area (Å²) in [6.45, 7) is 2.75. The van der Waals surface area contributed by atoms with Crippen LogP contribution in [-0.2, 0) is 6.54 Å². The Labute approximate surface area is 152 Å². The molecule has 1 aromatic heterocycles. The number of benzene rings is 2. The minimum atomic E-state index is -0.315. The van der Waals surface area contributed by atoms with Crippen molar-refractivity contribution < 1.29 is 4.79 Å². The first-order valence-corrected chi connectivity index (χ1v) is 8.21. The van der Waals surface area contributed by atoms with Crippen LogP contribution in [-0.4, -0.2) is 10.9 Å². The molecular formula is C21H18N4O. The lowest BCUT2D eigenvalue weighted by atomic mass is 10.1. The molecule has 0 bridgehead atoms. The molecule has 3 aromatic rings. The normalized spacial score (nSPS) is 10.0. The number of nitrogens with zero attached hydrogens (tertiary/aromatic N) is 2. The summed E-state index contributed by atoms with van der Waals surface area (Å²) in [6.07, 6.45) is 1.63. The maximum Gasteiger partial charge on any atom is 0.274 e. The summed E-state index contributed by atoms with van der Waals surface area (Å²) in [5.41, 5.74) is 4.62. The number of aryl methyl sites for hydroxylation is 1. The van der Waals surface area contributed by atoms with Gasteiger partial charge in [-0.15, -0.1) is 0 Å². The van der Waals surface area contributed by atoms with Crippen LogP contribution >= 0.6 is 0 Å². The number of hydrogen-bond acceptors (Lipinski definition) is 4. The number of aromatic nitrogens is 1. The molecule has 5 nitrogen and oxygen atoms in total. The topological polar surface area (TPSA) is 77.8 Å². The first kappa shape index (κ1) is 17.2. The fourth-order valence-corrected chi connectivity index (χ4v) is 2.40. The van der Waals surface area contributed by atoms with Crippen LogP contribution in [0.15, 0.2) is 66.9 Å². The van der Waals surface area contributed by atoms with Crippen molar-refractivity contribution in [2.24, 2.45) is 0 Å². The zero-order chi connectivity index (χ0) is 18.4. The average Bonchev–Trinajstić information content (AvgIpc) is 2.68. The first-order valence-electron chi connectivity index (χ1n) is 8.21. The van der Waals surface area contributed by atoms with Crippen molar-refractivity contribution in [3.63, 3.8) is 0 Å². The third-order valence-electron chi connectivity index (χ3n) is 3.86. The predicted octanol–water partition coefficient (Wildman–Crippen LogP) is 4.13. The van der Waals surface area contributed by atoms with Gasteiger partial charge in [0.05, 0.1) is 23.5 Å². The van der Waals surface area contributed by atoms with Gasteiger partial charge in [-0.1, -0.05) is 35.9 Å². The molecule has 0 saturated heterocycles. The van der Waals surface area contributed by atoms with Crippen molar-refractivity contribution in [1.82, 2.24) is 4.98 Å². The Balaban J connectivity index is 1.60. The number of carbonyl (C=O) groups is 1. The van der Waals surface area contributed by atoms with E-state index in [0.29, 0.717) is 23.5 Å². The molecule has 128 valence electrons. The Morgan fingerprint density at radius 3 is 2.58 bits per heavy atom. The van der Waals surface area contributed by atoms with Crippen molar-refractivity contribution in [3.8, 4) is 6.07 Å². The van der Waals surface area contributed by atoms with Gasteiger partial charge in [-0.25, -0.2) is 4.98 Å². The van der Waals surface area contributed by atoms with Crippen LogP contribution in [0.5, 0.6) is 0 Å². The van der Waals surface area contributed by atoms with E-state index in [1.54, 1.807) is 36.5 Å². The fraction of sp³-hybridized carbons (Fsp3) is 0.0952.